The van der Waals surface area contributed by atoms with Gasteiger partial charge in [-0.05, 0) is 18.9 Å². The number of benzene rings is 1. The van der Waals surface area contributed by atoms with Crippen LogP contribution in [0.3, 0.4) is 0 Å². The topological polar surface area (TPSA) is 66.4 Å². The van der Waals surface area contributed by atoms with E-state index in [0.29, 0.717) is 38.3 Å². The Bertz CT molecular complexity index is 723. The van der Waals surface area contributed by atoms with Crippen molar-refractivity contribution in [1.82, 2.24) is 19.8 Å². The van der Waals surface area contributed by atoms with Gasteiger partial charge >= 0.3 is 0 Å². The lowest BCUT2D eigenvalue weighted by Gasteiger charge is -2.34. The van der Waals surface area contributed by atoms with E-state index in [0.717, 1.165) is 6.42 Å². The number of hydrogen-bond donors (Lipinski definition) is 0. The molecule has 1 aromatic heterocycles. The number of amides is 2. The van der Waals surface area contributed by atoms with E-state index in [9.17, 15) is 9.59 Å². The monoisotopic (exact) mass is 338 g/mol. The molecular formula is C19H22N4O2. The molecule has 2 heterocycles. The van der Waals surface area contributed by atoms with Gasteiger partial charge in [0.15, 0.2) is 0 Å². The zero-order chi connectivity index (χ0) is 17.6. The minimum Gasteiger partial charge on any atom is -0.339 e. The van der Waals surface area contributed by atoms with Crippen molar-refractivity contribution in [2.24, 2.45) is 0 Å². The summed E-state index contributed by atoms with van der Waals surface area (Å²) in [5, 5.41) is 0. The van der Waals surface area contributed by atoms with Gasteiger partial charge in [0, 0.05) is 45.0 Å². The molecular weight excluding hydrogens is 316 g/mol. The smallest absolute Gasteiger partial charge is 0.274 e. The maximum atomic E-state index is 12.4. The van der Waals surface area contributed by atoms with Gasteiger partial charge in [0.1, 0.15) is 5.69 Å². The van der Waals surface area contributed by atoms with Crippen LogP contribution >= 0.6 is 0 Å². The van der Waals surface area contributed by atoms with E-state index >= 15 is 0 Å². The van der Waals surface area contributed by atoms with Crippen LogP contribution < -0.4 is 0 Å². The highest BCUT2D eigenvalue weighted by molar-refractivity contribution is 5.92. The van der Waals surface area contributed by atoms with Crippen molar-refractivity contribution in [3.05, 3.63) is 59.7 Å². The fourth-order valence-electron chi connectivity index (χ4n) is 2.89. The van der Waals surface area contributed by atoms with Crippen LogP contribution in [0.15, 0.2) is 42.9 Å². The molecule has 2 aromatic rings. The van der Waals surface area contributed by atoms with E-state index in [1.165, 1.54) is 23.5 Å². The zero-order valence-electron chi connectivity index (χ0n) is 14.4. The van der Waals surface area contributed by atoms with Crippen LogP contribution in [0, 0.1) is 6.92 Å². The van der Waals surface area contributed by atoms with Crippen LogP contribution in [0.25, 0.3) is 0 Å². The van der Waals surface area contributed by atoms with Crippen LogP contribution in [0.2, 0.25) is 0 Å². The van der Waals surface area contributed by atoms with Crippen molar-refractivity contribution < 1.29 is 9.59 Å². The number of aryl methyl sites for hydroxylation is 2. The van der Waals surface area contributed by atoms with Gasteiger partial charge in [-0.15, -0.1) is 0 Å². The minimum absolute atomic E-state index is 0.125. The molecule has 3 rings (SSSR count). The third-order valence-corrected chi connectivity index (χ3v) is 4.45. The molecule has 1 aliphatic heterocycles. The molecule has 1 saturated heterocycles. The van der Waals surface area contributed by atoms with Crippen LogP contribution in [-0.2, 0) is 11.2 Å². The number of hydrogen-bond acceptors (Lipinski definition) is 4. The summed E-state index contributed by atoms with van der Waals surface area (Å²) in [6, 6.07) is 8.27. The number of nitrogens with zero attached hydrogens (tertiary/aromatic N) is 4. The lowest BCUT2D eigenvalue weighted by atomic mass is 10.1. The summed E-state index contributed by atoms with van der Waals surface area (Å²) >= 11 is 0. The van der Waals surface area contributed by atoms with Gasteiger partial charge in [-0.3, -0.25) is 14.6 Å². The predicted octanol–water partition coefficient (Wildman–Crippen LogP) is 1.70. The first kappa shape index (κ1) is 17.1. The molecule has 1 aliphatic rings. The lowest BCUT2D eigenvalue weighted by molar-refractivity contribution is -0.132. The Kier molecular flexibility index (Phi) is 5.38. The molecule has 0 saturated carbocycles. The normalized spacial score (nSPS) is 14.4. The minimum atomic E-state index is -0.125. The van der Waals surface area contributed by atoms with Crippen LogP contribution in [0.1, 0.15) is 28.0 Å². The second-order valence-corrected chi connectivity index (χ2v) is 6.25. The van der Waals surface area contributed by atoms with E-state index in [1.807, 2.05) is 4.90 Å². The van der Waals surface area contributed by atoms with Gasteiger partial charge in [0.2, 0.25) is 5.91 Å². The van der Waals surface area contributed by atoms with E-state index < -0.39 is 0 Å². The SMILES string of the molecule is Cc1ccc(CCC(=O)N2CCN(C(=O)c3cnccn3)CC2)cc1. The van der Waals surface area contributed by atoms with Crippen LogP contribution in [0.5, 0.6) is 0 Å². The maximum Gasteiger partial charge on any atom is 0.274 e. The van der Waals surface area contributed by atoms with E-state index in [4.69, 9.17) is 0 Å². The van der Waals surface area contributed by atoms with Crippen molar-refractivity contribution >= 4 is 11.8 Å². The quantitative estimate of drug-likeness (QED) is 0.851. The number of carbonyl (C=O) groups is 2. The lowest BCUT2D eigenvalue weighted by Crippen LogP contribution is -2.50. The Morgan fingerprint density at radius 2 is 1.68 bits per heavy atom. The number of rotatable bonds is 4. The molecule has 0 aliphatic carbocycles. The Hall–Kier alpha value is -2.76. The Morgan fingerprint density at radius 1 is 1.00 bits per heavy atom. The molecule has 0 radical (unpaired) electrons. The highest BCUT2D eigenvalue weighted by Crippen LogP contribution is 2.10. The summed E-state index contributed by atoms with van der Waals surface area (Å²) in [5.41, 5.74) is 2.75. The van der Waals surface area contributed by atoms with E-state index in [1.54, 1.807) is 11.1 Å². The molecule has 0 N–H and O–H groups in total. The summed E-state index contributed by atoms with van der Waals surface area (Å²) in [4.78, 5) is 36.3. The fourth-order valence-corrected chi connectivity index (χ4v) is 2.89. The van der Waals surface area contributed by atoms with Gasteiger partial charge < -0.3 is 9.80 Å². The second-order valence-electron chi connectivity index (χ2n) is 6.25. The highest BCUT2D eigenvalue weighted by Gasteiger charge is 2.25. The molecule has 0 atom stereocenters. The first-order valence-corrected chi connectivity index (χ1v) is 8.52. The highest BCUT2D eigenvalue weighted by atomic mass is 16.2. The average Bonchev–Trinajstić information content (AvgIpc) is 2.67. The first-order chi connectivity index (χ1) is 12.1. The Labute approximate surface area is 147 Å². The molecule has 6 nitrogen and oxygen atoms in total. The summed E-state index contributed by atoms with van der Waals surface area (Å²) in [7, 11) is 0. The van der Waals surface area contributed by atoms with Gasteiger partial charge in [0.05, 0.1) is 6.20 Å². The van der Waals surface area contributed by atoms with Crippen molar-refractivity contribution in [3.63, 3.8) is 0 Å². The number of carbonyl (C=O) groups excluding carboxylic acids is 2. The molecule has 1 fully saturated rings. The molecule has 130 valence electrons. The van der Waals surface area contributed by atoms with Crippen molar-refractivity contribution in [1.29, 1.82) is 0 Å². The van der Waals surface area contributed by atoms with Crippen molar-refractivity contribution in [3.8, 4) is 0 Å². The molecule has 2 amide bonds. The number of piperazine rings is 1. The third-order valence-electron chi connectivity index (χ3n) is 4.45. The van der Waals surface area contributed by atoms with Crippen LogP contribution in [0.4, 0.5) is 0 Å². The summed E-state index contributed by atoms with van der Waals surface area (Å²) in [5.74, 6) is 0.0204. The molecule has 0 bridgehead atoms. The molecule has 25 heavy (non-hydrogen) atoms. The molecule has 6 heteroatoms. The van der Waals surface area contributed by atoms with Gasteiger partial charge in [0.25, 0.3) is 5.91 Å². The summed E-state index contributed by atoms with van der Waals surface area (Å²) in [6.45, 7) is 4.26. The average molecular weight is 338 g/mol. The van der Waals surface area contributed by atoms with Gasteiger partial charge in [-0.1, -0.05) is 29.8 Å². The van der Waals surface area contributed by atoms with Gasteiger partial charge in [-0.25, -0.2) is 4.98 Å². The maximum absolute atomic E-state index is 12.4. The third kappa shape index (κ3) is 4.41. The van der Waals surface area contributed by atoms with Crippen molar-refractivity contribution in [2.75, 3.05) is 26.2 Å². The summed E-state index contributed by atoms with van der Waals surface area (Å²) in [6.07, 6.45) is 5.78. The largest absolute Gasteiger partial charge is 0.339 e. The zero-order valence-corrected chi connectivity index (χ0v) is 14.4. The summed E-state index contributed by atoms with van der Waals surface area (Å²) < 4.78 is 0. The Morgan fingerprint density at radius 3 is 2.32 bits per heavy atom. The first-order valence-electron chi connectivity index (χ1n) is 8.52. The second kappa shape index (κ2) is 7.88. The molecule has 0 spiro atoms. The van der Waals surface area contributed by atoms with Crippen molar-refractivity contribution in [2.45, 2.75) is 19.8 Å². The fraction of sp³-hybridized carbons (Fsp3) is 0.368. The molecule has 1 aromatic carbocycles. The number of aromatic nitrogens is 2. The van der Waals surface area contributed by atoms with Crippen LogP contribution in [-0.4, -0.2) is 57.8 Å². The standard InChI is InChI=1S/C19H22N4O2/c1-15-2-4-16(5-3-15)6-7-18(24)22-10-12-23(13-11-22)19(25)17-14-20-8-9-21-17/h2-5,8-9,14H,6-7,10-13H2,1H3. The van der Waals surface area contributed by atoms with Gasteiger partial charge in [-0.2, -0.15) is 0 Å². The van der Waals surface area contributed by atoms with E-state index in [-0.39, 0.29) is 11.8 Å². The molecule has 0 unspecified atom stereocenters. The predicted molar refractivity (Wildman–Crippen MR) is 94.0 cm³/mol. The Balaban J connectivity index is 1.47. The van der Waals surface area contributed by atoms with E-state index in [2.05, 4.69) is 41.2 Å².